The molecule has 1 aliphatic rings. The van der Waals surface area contributed by atoms with Crippen LogP contribution in [0.2, 0.25) is 0 Å². The van der Waals surface area contributed by atoms with Crippen LogP contribution in [-0.2, 0) is 9.53 Å². The number of nitrogens with one attached hydrogen (secondary N) is 1. The van der Waals surface area contributed by atoms with E-state index < -0.39 is 0 Å². The van der Waals surface area contributed by atoms with Gasteiger partial charge in [-0.3, -0.25) is 9.69 Å². The lowest BCUT2D eigenvalue weighted by atomic mass is 10.2. The molecule has 0 aromatic carbocycles. The van der Waals surface area contributed by atoms with Gasteiger partial charge < -0.3 is 15.0 Å². The second-order valence-electron chi connectivity index (χ2n) is 4.20. The molecule has 1 N–H and O–H groups in total. The molecule has 0 bridgehead atoms. The molecule has 0 aliphatic carbocycles. The third-order valence-electron chi connectivity index (χ3n) is 2.96. The van der Waals surface area contributed by atoms with Crippen LogP contribution >= 0.6 is 0 Å². The standard InChI is InChI=1S/C11H23N3O2/c1-4-16-11(15)10(12-2)9-14-7-5-13(3)6-8-14/h10,12H,4-9H2,1-3H3. The zero-order valence-electron chi connectivity index (χ0n) is 10.5. The molecule has 1 saturated heterocycles. The Balaban J connectivity index is 2.35. The highest BCUT2D eigenvalue weighted by Gasteiger charge is 2.23. The SMILES string of the molecule is CCOC(=O)C(CN1CCN(C)CC1)NC. The Labute approximate surface area is 97.7 Å². The number of likely N-dealkylation sites (N-methyl/N-ethyl adjacent to an activating group) is 2. The molecular weight excluding hydrogens is 206 g/mol. The maximum Gasteiger partial charge on any atom is 0.324 e. The lowest BCUT2D eigenvalue weighted by molar-refractivity contribution is -0.146. The van der Waals surface area contributed by atoms with Crippen LogP contribution in [0.5, 0.6) is 0 Å². The summed E-state index contributed by atoms with van der Waals surface area (Å²) in [6, 6.07) is -0.205. The minimum Gasteiger partial charge on any atom is -0.465 e. The molecule has 1 heterocycles. The summed E-state index contributed by atoms with van der Waals surface area (Å²) in [6.45, 7) is 7.20. The molecule has 1 unspecified atom stereocenters. The highest BCUT2D eigenvalue weighted by atomic mass is 16.5. The Hall–Kier alpha value is -0.650. The van der Waals surface area contributed by atoms with Crippen LogP contribution < -0.4 is 5.32 Å². The normalized spacial score (nSPS) is 20.7. The molecule has 5 nitrogen and oxygen atoms in total. The first kappa shape index (κ1) is 13.4. The molecule has 1 rings (SSSR count). The monoisotopic (exact) mass is 229 g/mol. The van der Waals surface area contributed by atoms with Crippen LogP contribution in [0.4, 0.5) is 0 Å². The van der Waals surface area contributed by atoms with Crippen molar-refractivity contribution in [1.82, 2.24) is 15.1 Å². The van der Waals surface area contributed by atoms with E-state index in [1.165, 1.54) is 0 Å². The number of esters is 1. The first-order valence-corrected chi connectivity index (χ1v) is 5.92. The van der Waals surface area contributed by atoms with Crippen LogP contribution in [0.3, 0.4) is 0 Å². The fourth-order valence-corrected chi connectivity index (χ4v) is 1.82. The van der Waals surface area contributed by atoms with E-state index in [-0.39, 0.29) is 12.0 Å². The summed E-state index contributed by atoms with van der Waals surface area (Å²) >= 11 is 0. The van der Waals surface area contributed by atoms with E-state index >= 15 is 0 Å². The molecule has 5 heteroatoms. The average molecular weight is 229 g/mol. The quantitative estimate of drug-likeness (QED) is 0.637. The fourth-order valence-electron chi connectivity index (χ4n) is 1.82. The molecule has 94 valence electrons. The Morgan fingerprint density at radius 1 is 1.38 bits per heavy atom. The van der Waals surface area contributed by atoms with Crippen LogP contribution in [0.15, 0.2) is 0 Å². The predicted octanol–water partition coefficient (Wildman–Crippen LogP) is -0.615. The summed E-state index contributed by atoms with van der Waals surface area (Å²) in [4.78, 5) is 16.2. The lowest BCUT2D eigenvalue weighted by Gasteiger charge is -2.33. The van der Waals surface area contributed by atoms with Crippen molar-refractivity contribution in [2.24, 2.45) is 0 Å². The summed E-state index contributed by atoms with van der Waals surface area (Å²) in [5.41, 5.74) is 0. The number of hydrogen-bond acceptors (Lipinski definition) is 5. The van der Waals surface area contributed by atoms with Crippen molar-refractivity contribution in [3.05, 3.63) is 0 Å². The van der Waals surface area contributed by atoms with Crippen LogP contribution in [0, 0.1) is 0 Å². The van der Waals surface area contributed by atoms with Crippen LogP contribution in [0.25, 0.3) is 0 Å². The van der Waals surface area contributed by atoms with Crippen molar-refractivity contribution in [1.29, 1.82) is 0 Å². The molecule has 1 fully saturated rings. The Morgan fingerprint density at radius 2 is 2.00 bits per heavy atom. The van der Waals surface area contributed by atoms with Crippen molar-refractivity contribution in [2.45, 2.75) is 13.0 Å². The van der Waals surface area contributed by atoms with Gasteiger partial charge in [-0.05, 0) is 21.0 Å². The van der Waals surface area contributed by atoms with Crippen molar-refractivity contribution in [3.63, 3.8) is 0 Å². The van der Waals surface area contributed by atoms with Gasteiger partial charge in [0, 0.05) is 32.7 Å². The smallest absolute Gasteiger partial charge is 0.324 e. The van der Waals surface area contributed by atoms with Gasteiger partial charge in [0.15, 0.2) is 0 Å². The van der Waals surface area contributed by atoms with Gasteiger partial charge in [0.25, 0.3) is 0 Å². The molecule has 16 heavy (non-hydrogen) atoms. The second kappa shape index (κ2) is 6.83. The largest absolute Gasteiger partial charge is 0.465 e. The highest BCUT2D eigenvalue weighted by Crippen LogP contribution is 2.01. The van der Waals surface area contributed by atoms with Gasteiger partial charge in [0.05, 0.1) is 6.61 Å². The number of carbonyl (C=O) groups excluding carboxylic acids is 1. The van der Waals surface area contributed by atoms with Gasteiger partial charge in [-0.25, -0.2) is 0 Å². The predicted molar refractivity (Wildman–Crippen MR) is 63.4 cm³/mol. The molecule has 0 spiro atoms. The maximum atomic E-state index is 11.6. The number of nitrogens with zero attached hydrogens (tertiary/aromatic N) is 2. The van der Waals surface area contributed by atoms with Gasteiger partial charge in [0.1, 0.15) is 6.04 Å². The second-order valence-corrected chi connectivity index (χ2v) is 4.20. The summed E-state index contributed by atoms with van der Waals surface area (Å²) in [6.07, 6.45) is 0. The summed E-state index contributed by atoms with van der Waals surface area (Å²) in [5, 5.41) is 3.02. The molecule has 0 radical (unpaired) electrons. The van der Waals surface area contributed by atoms with E-state index in [0.717, 1.165) is 32.7 Å². The van der Waals surface area contributed by atoms with Crippen LogP contribution in [0.1, 0.15) is 6.92 Å². The number of ether oxygens (including phenoxy) is 1. The molecule has 1 aliphatic heterocycles. The fraction of sp³-hybridized carbons (Fsp3) is 0.909. The first-order chi connectivity index (χ1) is 7.67. The first-order valence-electron chi connectivity index (χ1n) is 5.92. The van der Waals surface area contributed by atoms with E-state index in [1.54, 1.807) is 7.05 Å². The maximum absolute atomic E-state index is 11.6. The molecular formula is C11H23N3O2. The minimum absolute atomic E-state index is 0.149. The molecule has 1 atom stereocenters. The Bertz CT molecular complexity index is 215. The number of hydrogen-bond donors (Lipinski definition) is 1. The molecule has 0 saturated carbocycles. The van der Waals surface area contributed by atoms with Gasteiger partial charge in [-0.1, -0.05) is 0 Å². The minimum atomic E-state index is -0.205. The van der Waals surface area contributed by atoms with Gasteiger partial charge in [-0.2, -0.15) is 0 Å². The molecule has 0 aromatic rings. The van der Waals surface area contributed by atoms with E-state index in [2.05, 4.69) is 22.2 Å². The van der Waals surface area contributed by atoms with E-state index in [0.29, 0.717) is 6.61 Å². The van der Waals surface area contributed by atoms with E-state index in [1.807, 2.05) is 6.92 Å². The number of carbonyl (C=O) groups is 1. The van der Waals surface area contributed by atoms with Gasteiger partial charge >= 0.3 is 5.97 Å². The lowest BCUT2D eigenvalue weighted by Crippen LogP contribution is -2.51. The third kappa shape index (κ3) is 4.08. The summed E-state index contributed by atoms with van der Waals surface area (Å²) in [7, 11) is 3.93. The van der Waals surface area contributed by atoms with Crippen molar-refractivity contribution in [2.75, 3.05) is 53.4 Å². The summed E-state index contributed by atoms with van der Waals surface area (Å²) in [5.74, 6) is -0.149. The van der Waals surface area contributed by atoms with Crippen molar-refractivity contribution < 1.29 is 9.53 Å². The van der Waals surface area contributed by atoms with Crippen molar-refractivity contribution >= 4 is 5.97 Å². The highest BCUT2D eigenvalue weighted by molar-refractivity contribution is 5.76. The van der Waals surface area contributed by atoms with Crippen LogP contribution in [-0.4, -0.2) is 75.2 Å². The number of rotatable bonds is 5. The van der Waals surface area contributed by atoms with E-state index in [4.69, 9.17) is 4.74 Å². The summed E-state index contributed by atoms with van der Waals surface area (Å²) < 4.78 is 5.02. The van der Waals surface area contributed by atoms with E-state index in [9.17, 15) is 4.79 Å². The molecule has 0 aromatic heterocycles. The third-order valence-corrected chi connectivity index (χ3v) is 2.96. The average Bonchev–Trinajstić information content (AvgIpc) is 2.28. The Kier molecular flexibility index (Phi) is 5.73. The molecule has 0 amide bonds. The number of piperazine rings is 1. The zero-order chi connectivity index (χ0) is 12.0. The topological polar surface area (TPSA) is 44.8 Å². The Morgan fingerprint density at radius 3 is 2.50 bits per heavy atom. The van der Waals surface area contributed by atoms with Gasteiger partial charge in [-0.15, -0.1) is 0 Å². The van der Waals surface area contributed by atoms with Crippen molar-refractivity contribution in [3.8, 4) is 0 Å². The van der Waals surface area contributed by atoms with Gasteiger partial charge in [0.2, 0.25) is 0 Å². The zero-order valence-corrected chi connectivity index (χ0v) is 10.5.